The molecule has 0 atom stereocenters. The van der Waals surface area contributed by atoms with E-state index >= 15 is 0 Å². The highest BCUT2D eigenvalue weighted by Crippen LogP contribution is 2.43. The Morgan fingerprint density at radius 1 is 0.750 bits per heavy atom. The minimum absolute atomic E-state index is 0.0122. The molecule has 0 unspecified atom stereocenters. The molecule has 5 aromatic rings. The van der Waals surface area contributed by atoms with Crippen LogP contribution in [0.5, 0.6) is 5.75 Å². The molecule has 0 N–H and O–H groups in total. The molecule has 0 radical (unpaired) electrons. The molecule has 4 aromatic carbocycles. The summed E-state index contributed by atoms with van der Waals surface area (Å²) >= 11 is 1.21. The van der Waals surface area contributed by atoms with Gasteiger partial charge in [-0.05, 0) is 84.6 Å². The molecule has 5 heteroatoms. The van der Waals surface area contributed by atoms with Gasteiger partial charge >= 0.3 is 0 Å². The van der Waals surface area contributed by atoms with Gasteiger partial charge in [0.05, 0.1) is 17.9 Å². The van der Waals surface area contributed by atoms with Gasteiger partial charge in [0.2, 0.25) is 10.5 Å². The van der Waals surface area contributed by atoms with E-state index < -0.39 is 0 Å². The van der Waals surface area contributed by atoms with Crippen LogP contribution in [0.1, 0.15) is 10.4 Å². The topological polar surface area (TPSA) is 43.4 Å². The van der Waals surface area contributed by atoms with E-state index in [1.165, 1.54) is 11.8 Å². The standard InChI is InChI=1S/C27H19O3S2/c1-30-19-12-10-18(11-13-19)27(29)31-20-14-16-21(17-15-20)32-24-8-4-2-6-22(24)26(28)23-7-3-5-9-25(23)32/h2-17H,1H3/q+1. The number of benzene rings is 4. The van der Waals surface area contributed by atoms with Gasteiger partial charge in [0.15, 0.2) is 14.3 Å². The SMILES string of the molecule is COc1ccc(C(=O)Sc2ccc(-[s+]3c4ccccc4c(=O)c4ccccc43)cc2)cc1. The Hall–Kier alpha value is -3.41. The Morgan fingerprint density at radius 2 is 1.31 bits per heavy atom. The molecule has 0 amide bonds. The van der Waals surface area contributed by atoms with Gasteiger partial charge in [-0.15, -0.1) is 0 Å². The van der Waals surface area contributed by atoms with Crippen LogP contribution in [0.4, 0.5) is 0 Å². The zero-order chi connectivity index (χ0) is 22.1. The van der Waals surface area contributed by atoms with Crippen molar-refractivity contribution in [2.24, 2.45) is 0 Å². The van der Waals surface area contributed by atoms with Crippen molar-refractivity contribution in [1.82, 2.24) is 0 Å². The lowest BCUT2D eigenvalue weighted by Gasteiger charge is -2.05. The predicted octanol–water partition coefficient (Wildman–Crippen LogP) is 7.03. The zero-order valence-corrected chi connectivity index (χ0v) is 18.9. The summed E-state index contributed by atoms with van der Waals surface area (Å²) in [6.45, 7) is 0. The van der Waals surface area contributed by atoms with Crippen molar-refractivity contribution in [2.75, 3.05) is 7.11 Å². The van der Waals surface area contributed by atoms with E-state index in [0.29, 0.717) is 5.56 Å². The second-order valence-corrected chi connectivity index (χ2v) is 10.2. The molecule has 1 heterocycles. The molecule has 32 heavy (non-hydrogen) atoms. The van der Waals surface area contributed by atoms with Gasteiger partial charge < -0.3 is 4.74 Å². The summed E-state index contributed by atoms with van der Waals surface area (Å²) in [6.07, 6.45) is 0. The van der Waals surface area contributed by atoms with Crippen molar-refractivity contribution in [3.8, 4) is 10.6 Å². The molecule has 0 fully saturated rings. The van der Waals surface area contributed by atoms with E-state index in [-0.39, 0.29) is 21.0 Å². The third kappa shape index (κ3) is 3.70. The van der Waals surface area contributed by atoms with E-state index in [1.807, 2.05) is 60.7 Å². The van der Waals surface area contributed by atoms with Crippen LogP contribution in [-0.4, -0.2) is 12.2 Å². The van der Waals surface area contributed by atoms with Gasteiger partial charge in [0.25, 0.3) is 0 Å². The minimum atomic E-state index is -0.368. The number of fused-ring (bicyclic) bond motifs is 2. The van der Waals surface area contributed by atoms with Crippen LogP contribution in [0.25, 0.3) is 25.1 Å². The number of rotatable bonds is 4. The van der Waals surface area contributed by atoms with Crippen molar-refractivity contribution in [3.05, 3.63) is 113 Å². The Labute approximate surface area is 192 Å². The Kier molecular flexibility index (Phi) is 5.52. The quantitative estimate of drug-likeness (QED) is 0.166. The molecule has 0 saturated carbocycles. The molecule has 156 valence electrons. The highest BCUT2D eigenvalue weighted by molar-refractivity contribution is 8.14. The van der Waals surface area contributed by atoms with Crippen molar-refractivity contribution in [1.29, 1.82) is 0 Å². The lowest BCUT2D eigenvalue weighted by atomic mass is 10.2. The first kappa shape index (κ1) is 20.5. The van der Waals surface area contributed by atoms with Crippen LogP contribution in [0.2, 0.25) is 0 Å². The fourth-order valence-corrected chi connectivity index (χ4v) is 6.80. The summed E-state index contributed by atoms with van der Waals surface area (Å²) in [7, 11) is 1.24. The van der Waals surface area contributed by atoms with Gasteiger partial charge in [0.1, 0.15) is 5.75 Å². The molecule has 3 nitrogen and oxygen atoms in total. The fourth-order valence-electron chi connectivity index (χ4n) is 3.72. The molecule has 5 rings (SSSR count). The van der Waals surface area contributed by atoms with Crippen LogP contribution in [0, 0.1) is 0 Å². The highest BCUT2D eigenvalue weighted by Gasteiger charge is 2.22. The van der Waals surface area contributed by atoms with Crippen molar-refractivity contribution in [2.45, 2.75) is 4.90 Å². The van der Waals surface area contributed by atoms with Crippen LogP contribution in [0.15, 0.2) is 107 Å². The van der Waals surface area contributed by atoms with E-state index in [1.54, 1.807) is 31.4 Å². The lowest BCUT2D eigenvalue weighted by Crippen LogP contribution is -2.01. The predicted molar refractivity (Wildman–Crippen MR) is 135 cm³/mol. The van der Waals surface area contributed by atoms with E-state index in [9.17, 15) is 9.59 Å². The van der Waals surface area contributed by atoms with Gasteiger partial charge in [-0.3, -0.25) is 9.59 Å². The Morgan fingerprint density at radius 3 is 1.88 bits per heavy atom. The summed E-state index contributed by atoms with van der Waals surface area (Å²) in [5.41, 5.74) is 0.715. The molecule has 1 aromatic heterocycles. The summed E-state index contributed by atoms with van der Waals surface area (Å²) in [5, 5.41) is 1.52. The van der Waals surface area contributed by atoms with Crippen LogP contribution in [-0.2, 0) is 0 Å². The van der Waals surface area contributed by atoms with Gasteiger partial charge in [-0.25, -0.2) is 0 Å². The van der Waals surface area contributed by atoms with Crippen molar-refractivity contribution in [3.63, 3.8) is 0 Å². The van der Waals surface area contributed by atoms with Gasteiger partial charge in [0, 0.05) is 20.9 Å². The van der Waals surface area contributed by atoms with E-state index in [4.69, 9.17) is 4.74 Å². The van der Waals surface area contributed by atoms with Crippen molar-refractivity contribution < 1.29 is 9.53 Å². The summed E-state index contributed by atoms with van der Waals surface area (Å²) in [4.78, 5) is 27.6. The molecule has 0 saturated heterocycles. The van der Waals surface area contributed by atoms with E-state index in [2.05, 4.69) is 12.1 Å². The van der Waals surface area contributed by atoms with Gasteiger partial charge in [-0.1, -0.05) is 24.3 Å². The van der Waals surface area contributed by atoms with E-state index in [0.717, 1.165) is 35.7 Å². The molecular formula is C27H19O3S2+. The number of hydrogen-bond acceptors (Lipinski definition) is 4. The summed E-state index contributed by atoms with van der Waals surface area (Å²) in [6, 6.07) is 30.9. The second kappa shape index (κ2) is 8.61. The van der Waals surface area contributed by atoms with Crippen molar-refractivity contribution >= 4 is 47.5 Å². The summed E-state index contributed by atoms with van der Waals surface area (Å²) < 4.78 is 7.25. The second-order valence-electron chi connectivity index (χ2n) is 7.22. The monoisotopic (exact) mass is 455 g/mol. The highest BCUT2D eigenvalue weighted by atomic mass is 32.2. The smallest absolute Gasteiger partial charge is 0.224 e. The Balaban J connectivity index is 1.53. The fraction of sp³-hybridized carbons (Fsp3) is 0.0370. The normalized spacial score (nSPS) is 11.0. The number of hydrogen-bond donors (Lipinski definition) is 0. The van der Waals surface area contributed by atoms with Gasteiger partial charge in [-0.2, -0.15) is 0 Å². The first-order chi connectivity index (χ1) is 15.7. The number of ether oxygens (including phenoxy) is 1. The molecule has 0 aliphatic heterocycles. The number of thioether (sulfide) groups is 1. The molecule has 0 aliphatic rings. The third-order valence-electron chi connectivity index (χ3n) is 5.30. The third-order valence-corrected chi connectivity index (χ3v) is 8.56. The largest absolute Gasteiger partial charge is 0.497 e. The summed E-state index contributed by atoms with van der Waals surface area (Å²) in [5.74, 6) is 0.725. The van der Waals surface area contributed by atoms with Crippen LogP contribution < -0.4 is 10.2 Å². The maximum Gasteiger partial charge on any atom is 0.224 e. The first-order valence-corrected chi connectivity index (χ1v) is 12.1. The molecule has 0 spiro atoms. The minimum Gasteiger partial charge on any atom is -0.497 e. The van der Waals surface area contributed by atoms with Crippen LogP contribution in [0.3, 0.4) is 0 Å². The van der Waals surface area contributed by atoms with Crippen LogP contribution >= 0.6 is 22.2 Å². The molecule has 0 bridgehead atoms. The number of carbonyl (C=O) groups is 1. The zero-order valence-electron chi connectivity index (χ0n) is 17.3. The maximum atomic E-state index is 13.0. The maximum absolute atomic E-state index is 13.0. The Bertz CT molecular complexity index is 1440. The number of methoxy groups -OCH3 is 1. The molecular weight excluding hydrogens is 436 g/mol. The number of carbonyl (C=O) groups excluding carboxylic acids is 1. The average Bonchev–Trinajstić information content (AvgIpc) is 2.85. The molecule has 0 aliphatic carbocycles. The first-order valence-electron chi connectivity index (χ1n) is 10.1. The average molecular weight is 456 g/mol. The lowest BCUT2D eigenvalue weighted by molar-refractivity contribution is 0.108.